The molecule has 0 bridgehead atoms. The van der Waals surface area contributed by atoms with Crippen LogP contribution in [0, 0.1) is 20.8 Å². The first kappa shape index (κ1) is 15.0. The maximum absolute atomic E-state index is 12.1. The maximum atomic E-state index is 12.1. The van der Waals surface area contributed by atoms with E-state index < -0.39 is 0 Å². The van der Waals surface area contributed by atoms with Gasteiger partial charge < -0.3 is 15.4 Å². The minimum atomic E-state index is -0.139. The molecule has 20 heavy (non-hydrogen) atoms. The summed E-state index contributed by atoms with van der Waals surface area (Å²) >= 11 is 0. The van der Waals surface area contributed by atoms with E-state index in [4.69, 9.17) is 10.5 Å². The summed E-state index contributed by atoms with van der Waals surface area (Å²) < 4.78 is 5.11. The summed E-state index contributed by atoms with van der Waals surface area (Å²) in [6.07, 6.45) is 0.417. The largest absolute Gasteiger partial charge is 0.383 e. The van der Waals surface area contributed by atoms with E-state index in [1.54, 1.807) is 7.11 Å². The Morgan fingerprint density at radius 3 is 2.55 bits per heavy atom. The van der Waals surface area contributed by atoms with Gasteiger partial charge in [-0.1, -0.05) is 12.1 Å². The monoisotopic (exact) mass is 276 g/mol. The first-order chi connectivity index (χ1) is 9.45. The fourth-order valence-electron chi connectivity index (χ4n) is 2.97. The molecule has 0 saturated carbocycles. The van der Waals surface area contributed by atoms with Gasteiger partial charge in [0.15, 0.2) is 0 Å². The highest BCUT2D eigenvalue weighted by molar-refractivity contribution is 5.80. The molecule has 1 fully saturated rings. The number of amides is 1. The standard InChI is InChI=1S/C16H24N2O2/c1-10-7-12(3)13(8-11(10)2)16-14(17)9-15(19)18(16)5-6-20-4/h7-8,14,16H,5-6,9,17H2,1-4H3. The predicted octanol–water partition coefficient (Wildman–Crippen LogP) is 1.86. The van der Waals surface area contributed by atoms with E-state index in [2.05, 4.69) is 32.9 Å². The zero-order valence-corrected chi connectivity index (χ0v) is 12.8. The lowest BCUT2D eigenvalue weighted by Gasteiger charge is -2.29. The van der Waals surface area contributed by atoms with E-state index in [0.717, 1.165) is 0 Å². The Bertz CT molecular complexity index is 513. The number of nitrogens with zero attached hydrogens (tertiary/aromatic N) is 1. The van der Waals surface area contributed by atoms with Crippen LogP contribution in [0.5, 0.6) is 0 Å². The molecule has 1 aliphatic heterocycles. The van der Waals surface area contributed by atoms with Crippen molar-refractivity contribution in [3.05, 3.63) is 34.4 Å². The van der Waals surface area contributed by atoms with Crippen LogP contribution in [-0.4, -0.2) is 37.1 Å². The van der Waals surface area contributed by atoms with Gasteiger partial charge in [-0.25, -0.2) is 0 Å². The average molecular weight is 276 g/mol. The Balaban J connectivity index is 2.37. The van der Waals surface area contributed by atoms with Crippen molar-refractivity contribution in [3.8, 4) is 0 Å². The number of benzene rings is 1. The second-order valence-corrected chi connectivity index (χ2v) is 5.69. The van der Waals surface area contributed by atoms with Gasteiger partial charge in [-0.05, 0) is 43.0 Å². The molecule has 0 radical (unpaired) electrons. The summed E-state index contributed by atoms with van der Waals surface area (Å²) in [6.45, 7) is 7.43. The van der Waals surface area contributed by atoms with Gasteiger partial charge in [-0.2, -0.15) is 0 Å². The molecule has 2 atom stereocenters. The van der Waals surface area contributed by atoms with Crippen LogP contribution in [0.3, 0.4) is 0 Å². The van der Waals surface area contributed by atoms with Crippen molar-refractivity contribution in [3.63, 3.8) is 0 Å². The number of likely N-dealkylation sites (tertiary alicyclic amines) is 1. The minimum Gasteiger partial charge on any atom is -0.383 e. The molecule has 2 unspecified atom stereocenters. The lowest BCUT2D eigenvalue weighted by Crippen LogP contribution is -2.35. The summed E-state index contributed by atoms with van der Waals surface area (Å²) in [5.74, 6) is 0.122. The van der Waals surface area contributed by atoms with E-state index in [9.17, 15) is 4.79 Å². The predicted molar refractivity (Wildman–Crippen MR) is 79.6 cm³/mol. The number of hydrogen-bond donors (Lipinski definition) is 1. The van der Waals surface area contributed by atoms with Crippen molar-refractivity contribution < 1.29 is 9.53 Å². The van der Waals surface area contributed by atoms with Gasteiger partial charge in [0.2, 0.25) is 5.91 Å². The van der Waals surface area contributed by atoms with Crippen LogP contribution in [-0.2, 0) is 9.53 Å². The lowest BCUT2D eigenvalue weighted by molar-refractivity contribution is -0.129. The highest BCUT2D eigenvalue weighted by Gasteiger charge is 2.38. The smallest absolute Gasteiger partial charge is 0.224 e. The third-order valence-corrected chi connectivity index (χ3v) is 4.21. The second kappa shape index (κ2) is 5.94. The molecule has 4 heteroatoms. The Hall–Kier alpha value is -1.39. The topological polar surface area (TPSA) is 55.6 Å². The fourth-order valence-corrected chi connectivity index (χ4v) is 2.97. The molecule has 0 aliphatic carbocycles. The third kappa shape index (κ3) is 2.72. The maximum Gasteiger partial charge on any atom is 0.224 e. The molecule has 2 rings (SSSR count). The average Bonchev–Trinajstić information content (AvgIpc) is 2.66. The van der Waals surface area contributed by atoms with Crippen molar-refractivity contribution >= 4 is 5.91 Å². The normalized spacial score (nSPS) is 22.6. The van der Waals surface area contributed by atoms with Crippen molar-refractivity contribution in [1.29, 1.82) is 0 Å². The minimum absolute atomic E-state index is 0.0306. The Labute approximate surface area is 120 Å². The van der Waals surface area contributed by atoms with Crippen LogP contribution < -0.4 is 5.73 Å². The first-order valence-corrected chi connectivity index (χ1v) is 7.07. The summed E-state index contributed by atoms with van der Waals surface area (Å²) in [4.78, 5) is 14.0. The van der Waals surface area contributed by atoms with Gasteiger partial charge in [-0.15, -0.1) is 0 Å². The molecule has 0 aromatic heterocycles. The quantitative estimate of drug-likeness (QED) is 0.913. The van der Waals surface area contributed by atoms with Crippen molar-refractivity contribution in [1.82, 2.24) is 4.90 Å². The molecule has 1 aromatic carbocycles. The van der Waals surface area contributed by atoms with Crippen molar-refractivity contribution in [2.45, 2.75) is 39.3 Å². The van der Waals surface area contributed by atoms with Gasteiger partial charge in [0.1, 0.15) is 0 Å². The number of carbonyl (C=O) groups excluding carboxylic acids is 1. The number of nitrogens with two attached hydrogens (primary N) is 1. The number of rotatable bonds is 4. The SMILES string of the molecule is COCCN1C(=O)CC(N)C1c1cc(C)c(C)cc1C. The van der Waals surface area contributed by atoms with Crippen molar-refractivity contribution in [2.24, 2.45) is 5.73 Å². The molecule has 110 valence electrons. The summed E-state index contributed by atoms with van der Waals surface area (Å²) in [7, 11) is 1.65. The molecule has 1 heterocycles. The lowest BCUT2D eigenvalue weighted by atomic mass is 9.92. The second-order valence-electron chi connectivity index (χ2n) is 5.69. The molecular formula is C16H24N2O2. The number of carbonyl (C=O) groups is 1. The van der Waals surface area contributed by atoms with Crippen LogP contribution in [0.4, 0.5) is 0 Å². The van der Waals surface area contributed by atoms with E-state index >= 15 is 0 Å². The number of methoxy groups -OCH3 is 1. The third-order valence-electron chi connectivity index (χ3n) is 4.21. The van der Waals surface area contributed by atoms with Crippen LogP contribution >= 0.6 is 0 Å². The Kier molecular flexibility index (Phi) is 4.45. The summed E-state index contributed by atoms with van der Waals surface area (Å²) in [5.41, 5.74) is 11.1. The van der Waals surface area contributed by atoms with Gasteiger partial charge in [0.25, 0.3) is 0 Å². The Morgan fingerprint density at radius 2 is 1.90 bits per heavy atom. The molecule has 0 spiro atoms. The van der Waals surface area contributed by atoms with Crippen LogP contribution in [0.15, 0.2) is 12.1 Å². The van der Waals surface area contributed by atoms with E-state index in [1.807, 2.05) is 4.90 Å². The summed E-state index contributed by atoms with van der Waals surface area (Å²) in [6, 6.07) is 4.18. The van der Waals surface area contributed by atoms with Crippen LogP contribution in [0.1, 0.15) is 34.7 Å². The van der Waals surface area contributed by atoms with Gasteiger partial charge in [0, 0.05) is 26.1 Å². The zero-order valence-electron chi connectivity index (χ0n) is 12.8. The van der Waals surface area contributed by atoms with E-state index in [0.29, 0.717) is 19.6 Å². The molecule has 1 aromatic rings. The summed E-state index contributed by atoms with van der Waals surface area (Å²) in [5, 5.41) is 0. The van der Waals surface area contributed by atoms with E-state index in [-0.39, 0.29) is 18.0 Å². The molecule has 1 saturated heterocycles. The highest BCUT2D eigenvalue weighted by atomic mass is 16.5. The van der Waals surface area contributed by atoms with Crippen LogP contribution in [0.2, 0.25) is 0 Å². The molecule has 2 N–H and O–H groups in total. The molecule has 4 nitrogen and oxygen atoms in total. The fraction of sp³-hybridized carbons (Fsp3) is 0.562. The number of aryl methyl sites for hydroxylation is 3. The van der Waals surface area contributed by atoms with Gasteiger partial charge in [-0.3, -0.25) is 4.79 Å². The first-order valence-electron chi connectivity index (χ1n) is 7.07. The Morgan fingerprint density at radius 1 is 1.25 bits per heavy atom. The number of ether oxygens (including phenoxy) is 1. The zero-order chi connectivity index (χ0) is 14.9. The van der Waals surface area contributed by atoms with E-state index in [1.165, 1.54) is 22.3 Å². The van der Waals surface area contributed by atoms with Gasteiger partial charge >= 0.3 is 0 Å². The van der Waals surface area contributed by atoms with Crippen LogP contribution in [0.25, 0.3) is 0 Å². The van der Waals surface area contributed by atoms with Crippen molar-refractivity contribution in [2.75, 3.05) is 20.3 Å². The molecule has 1 aliphatic rings. The van der Waals surface area contributed by atoms with Gasteiger partial charge in [0.05, 0.1) is 12.6 Å². The molecular weight excluding hydrogens is 252 g/mol. The number of hydrogen-bond acceptors (Lipinski definition) is 3. The highest BCUT2D eigenvalue weighted by Crippen LogP contribution is 2.34. The molecule has 1 amide bonds.